The second-order valence-electron chi connectivity index (χ2n) is 6.21. The van der Waals surface area contributed by atoms with Crippen LogP contribution in [0.4, 0.5) is 4.39 Å². The smallest absolute Gasteiger partial charge is 0.343 e. The first-order chi connectivity index (χ1) is 14.1. The van der Waals surface area contributed by atoms with Crippen LogP contribution in [0.15, 0.2) is 82.0 Å². The highest BCUT2D eigenvalue weighted by Gasteiger charge is 2.21. The SMILES string of the molecule is COc1ccc(-c2oc3ccccc3c(=O)c2OC(=O)c2ccc(F)cc2)cc1. The molecule has 0 spiro atoms. The molecule has 5 nitrogen and oxygen atoms in total. The van der Waals surface area contributed by atoms with Gasteiger partial charge in [0.15, 0.2) is 5.76 Å². The van der Waals surface area contributed by atoms with E-state index < -0.39 is 17.2 Å². The molecule has 6 heteroatoms. The fraction of sp³-hybridized carbons (Fsp3) is 0.0435. The van der Waals surface area contributed by atoms with Crippen molar-refractivity contribution in [3.05, 3.63) is 94.4 Å². The maximum atomic E-state index is 13.1. The van der Waals surface area contributed by atoms with E-state index >= 15 is 0 Å². The molecule has 4 rings (SSSR count). The summed E-state index contributed by atoms with van der Waals surface area (Å²) in [6.45, 7) is 0. The maximum absolute atomic E-state index is 13.1. The highest BCUT2D eigenvalue weighted by Crippen LogP contribution is 2.32. The Morgan fingerprint density at radius 2 is 1.62 bits per heavy atom. The van der Waals surface area contributed by atoms with Crippen LogP contribution in [0.25, 0.3) is 22.3 Å². The second-order valence-corrected chi connectivity index (χ2v) is 6.21. The first-order valence-electron chi connectivity index (χ1n) is 8.75. The number of methoxy groups -OCH3 is 1. The first kappa shape index (κ1) is 18.4. The summed E-state index contributed by atoms with van der Waals surface area (Å²) < 4.78 is 29.6. The number of ether oxygens (including phenoxy) is 2. The van der Waals surface area contributed by atoms with Gasteiger partial charge in [-0.3, -0.25) is 4.79 Å². The molecule has 1 aromatic heterocycles. The lowest BCUT2D eigenvalue weighted by Crippen LogP contribution is -2.16. The van der Waals surface area contributed by atoms with Gasteiger partial charge in [-0.05, 0) is 60.7 Å². The molecular formula is C23H15FO5. The number of benzene rings is 3. The van der Waals surface area contributed by atoms with Gasteiger partial charge in [0, 0.05) is 5.56 Å². The van der Waals surface area contributed by atoms with Crippen LogP contribution in [0.3, 0.4) is 0 Å². The Balaban J connectivity index is 1.85. The van der Waals surface area contributed by atoms with E-state index in [9.17, 15) is 14.0 Å². The minimum atomic E-state index is -0.789. The molecular weight excluding hydrogens is 375 g/mol. The molecule has 1 heterocycles. The Kier molecular flexibility index (Phi) is 4.83. The van der Waals surface area contributed by atoms with Gasteiger partial charge in [-0.15, -0.1) is 0 Å². The van der Waals surface area contributed by atoms with E-state index in [0.717, 1.165) is 12.1 Å². The van der Waals surface area contributed by atoms with Crippen LogP contribution >= 0.6 is 0 Å². The van der Waals surface area contributed by atoms with E-state index in [2.05, 4.69) is 0 Å². The van der Waals surface area contributed by atoms with Crippen LogP contribution in [-0.4, -0.2) is 13.1 Å². The Hall–Kier alpha value is -3.93. The molecule has 0 saturated carbocycles. The molecule has 4 aromatic rings. The van der Waals surface area contributed by atoms with Crippen molar-refractivity contribution in [2.24, 2.45) is 0 Å². The number of carbonyl (C=O) groups excluding carboxylic acids is 1. The molecule has 0 N–H and O–H groups in total. The summed E-state index contributed by atoms with van der Waals surface area (Å²) in [7, 11) is 1.54. The average molecular weight is 390 g/mol. The molecule has 0 unspecified atom stereocenters. The predicted molar refractivity (Wildman–Crippen MR) is 106 cm³/mol. The van der Waals surface area contributed by atoms with Gasteiger partial charge >= 0.3 is 5.97 Å². The van der Waals surface area contributed by atoms with Crippen LogP contribution < -0.4 is 14.9 Å². The summed E-state index contributed by atoms with van der Waals surface area (Å²) in [5.74, 6) is -0.759. The third-order valence-electron chi connectivity index (χ3n) is 4.38. The normalized spacial score (nSPS) is 10.7. The molecule has 0 aliphatic carbocycles. The van der Waals surface area contributed by atoms with Crippen LogP contribution in [0, 0.1) is 5.82 Å². The number of hydrogen-bond donors (Lipinski definition) is 0. The van der Waals surface area contributed by atoms with E-state index in [0.29, 0.717) is 16.9 Å². The van der Waals surface area contributed by atoms with Crippen LogP contribution in [0.2, 0.25) is 0 Å². The minimum absolute atomic E-state index is 0.111. The first-order valence-corrected chi connectivity index (χ1v) is 8.75. The van der Waals surface area contributed by atoms with Crippen molar-refractivity contribution in [3.63, 3.8) is 0 Å². The molecule has 0 aliphatic heterocycles. The van der Waals surface area contributed by atoms with Gasteiger partial charge in [0.2, 0.25) is 11.2 Å². The van der Waals surface area contributed by atoms with Crippen molar-refractivity contribution < 1.29 is 23.1 Å². The Morgan fingerprint density at radius 3 is 2.31 bits per heavy atom. The third-order valence-corrected chi connectivity index (χ3v) is 4.38. The lowest BCUT2D eigenvalue weighted by molar-refractivity contribution is 0.0731. The Bertz CT molecular complexity index is 1240. The van der Waals surface area contributed by atoms with Crippen LogP contribution in [0.1, 0.15) is 10.4 Å². The van der Waals surface area contributed by atoms with Gasteiger partial charge in [-0.1, -0.05) is 12.1 Å². The van der Waals surface area contributed by atoms with Crippen LogP contribution in [-0.2, 0) is 0 Å². The van der Waals surface area contributed by atoms with E-state index in [1.54, 1.807) is 55.6 Å². The fourth-order valence-corrected chi connectivity index (χ4v) is 2.89. The Labute approximate surface area is 164 Å². The van der Waals surface area contributed by atoms with Crippen LogP contribution in [0.5, 0.6) is 11.5 Å². The van der Waals surface area contributed by atoms with Crippen molar-refractivity contribution in [3.8, 4) is 22.8 Å². The molecule has 0 radical (unpaired) electrons. The minimum Gasteiger partial charge on any atom is -0.497 e. The number of esters is 1. The Morgan fingerprint density at radius 1 is 0.931 bits per heavy atom. The van der Waals surface area contributed by atoms with Crippen molar-refractivity contribution in [2.75, 3.05) is 7.11 Å². The topological polar surface area (TPSA) is 65.7 Å². The van der Waals surface area contributed by atoms with Gasteiger partial charge in [0.05, 0.1) is 18.1 Å². The highest BCUT2D eigenvalue weighted by molar-refractivity contribution is 5.93. The van der Waals surface area contributed by atoms with Gasteiger partial charge in [-0.2, -0.15) is 0 Å². The van der Waals surface area contributed by atoms with Gasteiger partial charge < -0.3 is 13.9 Å². The summed E-state index contributed by atoms with van der Waals surface area (Å²) in [5, 5.41) is 0.284. The molecule has 144 valence electrons. The fourth-order valence-electron chi connectivity index (χ4n) is 2.89. The molecule has 0 atom stereocenters. The van der Waals surface area contributed by atoms with Gasteiger partial charge in [0.25, 0.3) is 0 Å². The van der Waals surface area contributed by atoms with Crippen molar-refractivity contribution in [1.29, 1.82) is 0 Å². The lowest BCUT2D eigenvalue weighted by Gasteiger charge is -2.11. The second kappa shape index (κ2) is 7.59. The number of carbonyl (C=O) groups is 1. The molecule has 0 bridgehead atoms. The summed E-state index contributed by atoms with van der Waals surface area (Å²) >= 11 is 0. The summed E-state index contributed by atoms with van der Waals surface area (Å²) in [6.07, 6.45) is 0. The monoisotopic (exact) mass is 390 g/mol. The molecule has 0 fully saturated rings. The average Bonchev–Trinajstić information content (AvgIpc) is 2.76. The van der Waals surface area contributed by atoms with Crippen molar-refractivity contribution >= 4 is 16.9 Å². The molecule has 29 heavy (non-hydrogen) atoms. The molecule has 0 aliphatic rings. The van der Waals surface area contributed by atoms with Gasteiger partial charge in [-0.25, -0.2) is 9.18 Å². The predicted octanol–water partition coefficient (Wildman–Crippen LogP) is 4.83. The zero-order valence-corrected chi connectivity index (χ0v) is 15.3. The summed E-state index contributed by atoms with van der Waals surface area (Å²) in [6, 6.07) is 18.3. The molecule has 3 aromatic carbocycles. The summed E-state index contributed by atoms with van der Waals surface area (Å²) in [4.78, 5) is 25.6. The quantitative estimate of drug-likeness (QED) is 0.467. The number of hydrogen-bond acceptors (Lipinski definition) is 5. The van der Waals surface area contributed by atoms with E-state index in [1.807, 2.05) is 0 Å². The highest BCUT2D eigenvalue weighted by atomic mass is 19.1. The number of para-hydroxylation sites is 1. The number of rotatable bonds is 4. The molecule has 0 saturated heterocycles. The number of halogens is 1. The van der Waals surface area contributed by atoms with E-state index in [1.165, 1.54) is 12.1 Å². The largest absolute Gasteiger partial charge is 0.497 e. The summed E-state index contributed by atoms with van der Waals surface area (Å²) in [5.41, 5.74) is 0.535. The van der Waals surface area contributed by atoms with Crippen molar-refractivity contribution in [2.45, 2.75) is 0 Å². The molecule has 0 amide bonds. The van der Waals surface area contributed by atoms with Crippen molar-refractivity contribution in [1.82, 2.24) is 0 Å². The standard InChI is InChI=1S/C23H15FO5/c1-27-17-12-8-14(9-13-17)21-22(20(25)18-4-2-3-5-19(18)28-21)29-23(26)15-6-10-16(24)11-7-15/h2-13H,1H3. The van der Waals surface area contributed by atoms with E-state index in [-0.39, 0.29) is 22.5 Å². The number of fused-ring (bicyclic) bond motifs is 1. The lowest BCUT2D eigenvalue weighted by atomic mass is 10.1. The van der Waals surface area contributed by atoms with Gasteiger partial charge in [0.1, 0.15) is 17.1 Å². The maximum Gasteiger partial charge on any atom is 0.343 e. The third kappa shape index (κ3) is 3.60. The zero-order chi connectivity index (χ0) is 20.4. The van der Waals surface area contributed by atoms with E-state index in [4.69, 9.17) is 13.9 Å². The zero-order valence-electron chi connectivity index (χ0n) is 15.3.